The largest absolute Gasteiger partial charge is 0.467 e. The Balaban J connectivity index is 0. The van der Waals surface area contributed by atoms with E-state index in [0.717, 1.165) is 36.5 Å². The van der Waals surface area contributed by atoms with Crippen LogP contribution in [0.15, 0.2) is 12.7 Å². The molecule has 0 aliphatic heterocycles. The van der Waals surface area contributed by atoms with Crippen LogP contribution in [0.4, 0.5) is 43.9 Å². The lowest BCUT2D eigenvalue weighted by Crippen LogP contribution is -2.50. The van der Waals surface area contributed by atoms with E-state index in [0.29, 0.717) is 10.7 Å². The highest BCUT2D eigenvalue weighted by Crippen LogP contribution is 2.47. The summed E-state index contributed by atoms with van der Waals surface area (Å²) in [5, 5.41) is -4.13. The number of aliphatic hydroxyl groups is 1. The molecule has 0 saturated carbocycles. The van der Waals surface area contributed by atoms with E-state index in [-0.39, 0.29) is 6.61 Å². The Hall–Kier alpha value is -1.71. The molecular formula is C17H26F10N2O7S2. The average molecular weight is 625 g/mol. The van der Waals surface area contributed by atoms with Gasteiger partial charge in [-0.25, -0.2) is 21.6 Å². The maximum atomic E-state index is 12.3. The van der Waals surface area contributed by atoms with Crippen LogP contribution in [0.25, 0.3) is 4.13 Å². The Morgan fingerprint density at radius 2 is 1.24 bits per heavy atom. The molecule has 0 aliphatic carbocycles. The van der Waals surface area contributed by atoms with Crippen LogP contribution in [0.2, 0.25) is 0 Å². The fraction of sp³-hybridized carbons (Fsp3) is 0.824. The Bertz CT molecular complexity index is 938. The van der Waals surface area contributed by atoms with Crippen molar-refractivity contribution in [1.29, 1.82) is 0 Å². The fourth-order valence-electron chi connectivity index (χ4n) is 2.69. The molecule has 0 aromatic rings. The second-order valence-corrected chi connectivity index (χ2v) is 11.3. The first-order valence-electron chi connectivity index (χ1n) is 10.1. The highest BCUT2D eigenvalue weighted by molar-refractivity contribution is 8.13. The van der Waals surface area contributed by atoms with Gasteiger partial charge >= 0.3 is 28.8 Å². The fourth-order valence-corrected chi connectivity index (χ4v) is 5.06. The molecule has 0 amide bonds. The van der Waals surface area contributed by atoms with Crippen molar-refractivity contribution in [2.24, 2.45) is 0 Å². The summed E-state index contributed by atoms with van der Waals surface area (Å²) in [7, 11) is -13.1. The molecule has 0 aliphatic rings. The molecule has 0 spiro atoms. The van der Waals surface area contributed by atoms with Crippen molar-refractivity contribution in [1.82, 2.24) is 0 Å². The molecule has 21 heteroatoms. The second kappa shape index (κ2) is 13.6. The molecule has 1 atom stereocenters. The zero-order valence-electron chi connectivity index (χ0n) is 20.0. The van der Waals surface area contributed by atoms with Crippen molar-refractivity contribution in [2.45, 2.75) is 55.7 Å². The molecular weight excluding hydrogens is 598 g/mol. The number of carbonyl (C=O) groups excluding carboxylic acids is 1. The highest BCUT2D eigenvalue weighted by Gasteiger charge is 2.68. The van der Waals surface area contributed by atoms with Crippen molar-refractivity contribution in [3.8, 4) is 0 Å². The van der Waals surface area contributed by atoms with Crippen LogP contribution in [0, 0.1) is 0 Å². The summed E-state index contributed by atoms with van der Waals surface area (Å²) in [6, 6.07) is 0. The molecule has 0 radical (unpaired) electrons. The first-order valence-corrected chi connectivity index (χ1v) is 13.0. The van der Waals surface area contributed by atoms with Gasteiger partial charge < -0.3 is 18.5 Å². The summed E-state index contributed by atoms with van der Waals surface area (Å²) in [5.74, 6) is -0.482. The van der Waals surface area contributed by atoms with Crippen LogP contribution in [0.3, 0.4) is 0 Å². The number of hydrogen-bond donors (Lipinski definition) is 1. The van der Waals surface area contributed by atoms with E-state index in [1.807, 2.05) is 0 Å². The Kier molecular flexibility index (Phi) is 13.7. The van der Waals surface area contributed by atoms with Crippen LogP contribution < -0.4 is 0 Å². The van der Waals surface area contributed by atoms with E-state index < -0.39 is 55.0 Å². The van der Waals surface area contributed by atoms with Gasteiger partial charge in [0.25, 0.3) is 0 Å². The maximum Gasteiger partial charge on any atom is 0.467 e. The quantitative estimate of drug-likeness (QED) is 0.143. The predicted octanol–water partition coefficient (Wildman–Crippen LogP) is 3.67. The molecule has 0 aromatic heterocycles. The third kappa shape index (κ3) is 10.5. The molecule has 0 bridgehead atoms. The summed E-state index contributed by atoms with van der Waals surface area (Å²) in [6.07, 6.45) is -11.3. The van der Waals surface area contributed by atoms with Gasteiger partial charge in [-0.3, -0.25) is 0 Å². The van der Waals surface area contributed by atoms with Crippen molar-refractivity contribution < 1.29 is 79.9 Å². The number of aliphatic hydroxyl groups excluding tert-OH is 1. The minimum atomic E-state index is -7.62. The van der Waals surface area contributed by atoms with Crippen molar-refractivity contribution in [2.75, 3.05) is 33.3 Å². The van der Waals surface area contributed by atoms with Gasteiger partial charge in [-0.15, -0.1) is 0 Å². The molecule has 38 heavy (non-hydrogen) atoms. The molecule has 0 aromatic carbocycles. The number of halogens is 10. The summed E-state index contributed by atoms with van der Waals surface area (Å²) in [6.45, 7) is 10.3. The van der Waals surface area contributed by atoms with E-state index in [4.69, 9.17) is 4.74 Å². The molecule has 0 saturated heterocycles. The van der Waals surface area contributed by atoms with Gasteiger partial charge in [0, 0.05) is 6.08 Å². The molecule has 9 nitrogen and oxygen atoms in total. The van der Waals surface area contributed by atoms with Crippen LogP contribution in [0.5, 0.6) is 0 Å². The normalized spacial score (nSPS) is 14.8. The lowest BCUT2D eigenvalue weighted by atomic mass is 10.2. The summed E-state index contributed by atoms with van der Waals surface area (Å²) in [5.41, 5.74) is 0. The minimum Gasteiger partial charge on any atom is -0.460 e. The lowest BCUT2D eigenvalue weighted by Gasteiger charge is -2.35. The number of hydrogen-bond acceptors (Lipinski definition) is 7. The monoisotopic (exact) mass is 624 g/mol. The number of quaternary nitrogens is 1. The van der Waals surface area contributed by atoms with Crippen LogP contribution in [-0.2, 0) is 29.6 Å². The van der Waals surface area contributed by atoms with Crippen LogP contribution >= 0.6 is 0 Å². The number of carbonyl (C=O) groups is 1. The molecule has 1 N–H and O–H groups in total. The standard InChI is InChI=1S/C13H26NO3.C4F10NO4S2/c1-5-8-14(4,9-6-2)10-12(15)11-17-13(16)7-3;5-1(6,7)3(11,12)20(16,17)15-21(18,19)4(13,14)2(8,9)10/h7,12,15H,3,5-6,8-11H2,1-2,4H3;/q+1;-1. The topological polar surface area (TPSA) is 129 Å². The summed E-state index contributed by atoms with van der Waals surface area (Å²) in [4.78, 5) is 10.9. The smallest absolute Gasteiger partial charge is 0.460 e. The molecule has 1 unspecified atom stereocenters. The van der Waals surface area contributed by atoms with Crippen LogP contribution in [0.1, 0.15) is 26.7 Å². The van der Waals surface area contributed by atoms with Gasteiger partial charge in [0.15, 0.2) is 20.0 Å². The van der Waals surface area contributed by atoms with E-state index in [1.165, 1.54) is 0 Å². The number of ether oxygens (including phenoxy) is 1. The maximum absolute atomic E-state index is 12.3. The van der Waals surface area contributed by atoms with E-state index in [9.17, 15) is 70.6 Å². The number of sulfonamides is 2. The number of likely N-dealkylation sites (N-methyl/N-ethyl adjacent to an activating group) is 1. The zero-order chi connectivity index (χ0) is 31.0. The number of alkyl halides is 10. The van der Waals surface area contributed by atoms with E-state index >= 15 is 0 Å². The van der Waals surface area contributed by atoms with Gasteiger partial charge in [0.05, 0.1) is 20.1 Å². The predicted molar refractivity (Wildman–Crippen MR) is 112 cm³/mol. The molecule has 0 fully saturated rings. The van der Waals surface area contributed by atoms with Gasteiger partial charge in [-0.1, -0.05) is 20.4 Å². The van der Waals surface area contributed by atoms with Crippen molar-refractivity contribution >= 4 is 26.0 Å². The Morgan fingerprint density at radius 3 is 1.50 bits per heavy atom. The minimum absolute atomic E-state index is 0.0477. The summed E-state index contributed by atoms with van der Waals surface area (Å²) >= 11 is 0. The third-order valence-corrected chi connectivity index (χ3v) is 7.60. The average Bonchev–Trinajstić information content (AvgIpc) is 2.70. The molecule has 0 rings (SSSR count). The highest BCUT2D eigenvalue weighted by atomic mass is 32.3. The Morgan fingerprint density at radius 1 is 0.895 bits per heavy atom. The molecule has 228 valence electrons. The first-order chi connectivity index (χ1) is 16.7. The second-order valence-electron chi connectivity index (χ2n) is 7.79. The van der Waals surface area contributed by atoms with Crippen LogP contribution in [-0.4, -0.2) is 94.6 Å². The van der Waals surface area contributed by atoms with Gasteiger partial charge in [-0.2, -0.15) is 43.9 Å². The van der Waals surface area contributed by atoms with Gasteiger partial charge in [0.1, 0.15) is 19.3 Å². The van der Waals surface area contributed by atoms with Crippen molar-refractivity contribution in [3.05, 3.63) is 16.8 Å². The first kappa shape index (κ1) is 38.4. The molecule has 0 heterocycles. The number of nitrogens with zero attached hydrogens (tertiary/aromatic N) is 2. The Labute approximate surface area is 212 Å². The van der Waals surface area contributed by atoms with Gasteiger partial charge in [-0.05, 0) is 12.8 Å². The summed E-state index contributed by atoms with van der Waals surface area (Å²) < 4.78 is 167. The lowest BCUT2D eigenvalue weighted by molar-refractivity contribution is -0.912. The number of rotatable bonds is 13. The number of esters is 1. The van der Waals surface area contributed by atoms with E-state index in [1.54, 1.807) is 0 Å². The SMILES string of the molecule is C=CC(=O)OCC(O)C[N+](C)(CCC)CCC.O=S(=O)([N-]S(=O)(=O)C(F)(F)C(F)(F)F)C(F)(F)C(F)(F)F. The zero-order valence-corrected chi connectivity index (χ0v) is 21.6. The van der Waals surface area contributed by atoms with E-state index in [2.05, 4.69) is 27.5 Å². The van der Waals surface area contributed by atoms with Gasteiger partial charge in [0.2, 0.25) is 0 Å². The van der Waals surface area contributed by atoms with Crippen molar-refractivity contribution in [3.63, 3.8) is 0 Å². The third-order valence-electron chi connectivity index (χ3n) is 4.27.